The predicted molar refractivity (Wildman–Crippen MR) is 86.3 cm³/mol. The van der Waals surface area contributed by atoms with Crippen molar-refractivity contribution in [3.63, 3.8) is 0 Å². The molecule has 110 valence electrons. The summed E-state index contributed by atoms with van der Waals surface area (Å²) in [7, 11) is 0. The molecule has 0 spiro atoms. The molecule has 7 nitrogen and oxygen atoms in total. The second kappa shape index (κ2) is 4.88. The lowest BCUT2D eigenvalue weighted by Crippen LogP contribution is -2.21. The second-order valence-electron chi connectivity index (χ2n) is 4.86. The van der Waals surface area contributed by atoms with Crippen LogP contribution in [0.5, 0.6) is 0 Å². The minimum absolute atomic E-state index is 0.0574. The fourth-order valence-electron chi connectivity index (χ4n) is 2.49. The molecule has 7 heteroatoms. The van der Waals surface area contributed by atoms with Crippen LogP contribution in [-0.4, -0.2) is 17.7 Å². The SMILES string of the molecule is NC(N)=Nc1ccc2c(c1)C(=O)c1cc(N=C(N)N)ccc1-2. The summed E-state index contributed by atoms with van der Waals surface area (Å²) < 4.78 is 0. The number of carbonyl (C=O) groups is 1. The molecule has 0 radical (unpaired) electrons. The van der Waals surface area contributed by atoms with Gasteiger partial charge in [-0.3, -0.25) is 4.79 Å². The molecular weight excluding hydrogens is 280 g/mol. The van der Waals surface area contributed by atoms with E-state index < -0.39 is 0 Å². The van der Waals surface area contributed by atoms with Gasteiger partial charge in [-0.1, -0.05) is 12.1 Å². The van der Waals surface area contributed by atoms with Crippen LogP contribution in [-0.2, 0) is 0 Å². The third-order valence-corrected chi connectivity index (χ3v) is 3.30. The summed E-state index contributed by atoms with van der Waals surface area (Å²) in [5, 5.41) is 0. The van der Waals surface area contributed by atoms with Gasteiger partial charge in [0.1, 0.15) is 0 Å². The number of hydrogen-bond donors (Lipinski definition) is 4. The van der Waals surface area contributed by atoms with E-state index in [9.17, 15) is 4.79 Å². The molecule has 0 unspecified atom stereocenters. The van der Waals surface area contributed by atoms with Gasteiger partial charge < -0.3 is 22.9 Å². The third kappa shape index (κ3) is 2.24. The Morgan fingerprint density at radius 3 is 1.45 bits per heavy atom. The van der Waals surface area contributed by atoms with Crippen LogP contribution in [0.4, 0.5) is 11.4 Å². The molecule has 1 aliphatic rings. The lowest BCUT2D eigenvalue weighted by molar-refractivity contribution is 0.104. The second-order valence-corrected chi connectivity index (χ2v) is 4.86. The number of ketones is 1. The molecule has 0 fully saturated rings. The fourth-order valence-corrected chi connectivity index (χ4v) is 2.49. The van der Waals surface area contributed by atoms with Crippen molar-refractivity contribution in [3.05, 3.63) is 47.5 Å². The van der Waals surface area contributed by atoms with Crippen LogP contribution in [0, 0.1) is 0 Å². The zero-order valence-corrected chi connectivity index (χ0v) is 11.6. The molecule has 22 heavy (non-hydrogen) atoms. The molecule has 3 rings (SSSR count). The van der Waals surface area contributed by atoms with E-state index in [1.807, 2.05) is 12.1 Å². The first-order valence-corrected chi connectivity index (χ1v) is 6.48. The summed E-state index contributed by atoms with van der Waals surface area (Å²) in [6.07, 6.45) is 0. The van der Waals surface area contributed by atoms with Crippen LogP contribution in [0.25, 0.3) is 11.1 Å². The number of aliphatic imine (C=N–C) groups is 2. The van der Waals surface area contributed by atoms with Crippen LogP contribution >= 0.6 is 0 Å². The van der Waals surface area contributed by atoms with Gasteiger partial charge in [0.05, 0.1) is 11.4 Å². The van der Waals surface area contributed by atoms with Gasteiger partial charge in [0.15, 0.2) is 17.7 Å². The Balaban J connectivity index is 2.11. The molecule has 0 saturated carbocycles. The highest BCUT2D eigenvalue weighted by molar-refractivity contribution is 6.22. The van der Waals surface area contributed by atoms with Crippen LogP contribution in [0.2, 0.25) is 0 Å². The van der Waals surface area contributed by atoms with Gasteiger partial charge in [0.25, 0.3) is 0 Å². The standard InChI is InChI=1S/C15H14N6O/c16-14(17)20-7-1-3-9-10-4-2-8(21-15(18)19)6-12(10)13(22)11(9)5-7/h1-6H,(H4,16,17,20)(H4,18,19,21). The molecule has 0 bridgehead atoms. The normalized spacial score (nSPS) is 11.5. The fraction of sp³-hybridized carbons (Fsp3) is 0. The molecule has 0 amide bonds. The van der Waals surface area contributed by atoms with E-state index in [0.29, 0.717) is 22.5 Å². The quantitative estimate of drug-likeness (QED) is 0.406. The summed E-state index contributed by atoms with van der Waals surface area (Å²) in [4.78, 5) is 20.5. The maximum Gasteiger partial charge on any atom is 0.194 e. The van der Waals surface area contributed by atoms with Gasteiger partial charge >= 0.3 is 0 Å². The zero-order valence-electron chi connectivity index (χ0n) is 11.6. The van der Waals surface area contributed by atoms with Crippen molar-refractivity contribution in [1.29, 1.82) is 0 Å². The number of nitrogens with two attached hydrogens (primary N) is 4. The predicted octanol–water partition coefficient (Wildman–Crippen LogP) is 0.708. The van der Waals surface area contributed by atoms with Crippen LogP contribution in [0.3, 0.4) is 0 Å². The molecule has 2 aromatic carbocycles. The number of fused-ring (bicyclic) bond motifs is 3. The number of carbonyl (C=O) groups excluding carboxylic acids is 1. The first-order valence-electron chi connectivity index (χ1n) is 6.48. The Morgan fingerprint density at radius 2 is 1.09 bits per heavy atom. The highest BCUT2D eigenvalue weighted by Gasteiger charge is 2.27. The van der Waals surface area contributed by atoms with Gasteiger partial charge in [-0.25, -0.2) is 9.98 Å². The van der Waals surface area contributed by atoms with Gasteiger partial charge in [-0.15, -0.1) is 0 Å². The number of benzene rings is 2. The van der Waals surface area contributed by atoms with Crippen LogP contribution in [0.15, 0.2) is 46.4 Å². The number of rotatable bonds is 2. The van der Waals surface area contributed by atoms with E-state index in [4.69, 9.17) is 22.9 Å². The largest absolute Gasteiger partial charge is 0.370 e. The zero-order chi connectivity index (χ0) is 15.9. The van der Waals surface area contributed by atoms with Crippen molar-refractivity contribution in [2.75, 3.05) is 0 Å². The van der Waals surface area contributed by atoms with Crippen molar-refractivity contribution < 1.29 is 4.79 Å². The summed E-state index contributed by atoms with van der Waals surface area (Å²) in [6, 6.07) is 10.5. The van der Waals surface area contributed by atoms with Crippen molar-refractivity contribution in [1.82, 2.24) is 0 Å². The molecule has 1 aliphatic carbocycles. The lowest BCUT2D eigenvalue weighted by atomic mass is 10.1. The molecule has 0 heterocycles. The maximum absolute atomic E-state index is 12.5. The average Bonchev–Trinajstić information content (AvgIpc) is 2.71. The molecule has 0 aliphatic heterocycles. The topological polar surface area (TPSA) is 146 Å². The van der Waals surface area contributed by atoms with Gasteiger partial charge in [-0.05, 0) is 35.4 Å². The van der Waals surface area contributed by atoms with Crippen LogP contribution in [0.1, 0.15) is 15.9 Å². The smallest absolute Gasteiger partial charge is 0.194 e. The summed E-state index contributed by atoms with van der Waals surface area (Å²) in [5.41, 5.74) is 25.3. The van der Waals surface area contributed by atoms with E-state index in [0.717, 1.165) is 11.1 Å². The highest BCUT2D eigenvalue weighted by Crippen LogP contribution is 2.39. The third-order valence-electron chi connectivity index (χ3n) is 3.30. The molecular formula is C15H14N6O. The Morgan fingerprint density at radius 1 is 0.682 bits per heavy atom. The Labute approximate surface area is 126 Å². The van der Waals surface area contributed by atoms with Gasteiger partial charge in [0.2, 0.25) is 0 Å². The molecule has 0 saturated heterocycles. The molecule has 8 N–H and O–H groups in total. The minimum Gasteiger partial charge on any atom is -0.370 e. The van der Waals surface area contributed by atoms with Crippen molar-refractivity contribution in [3.8, 4) is 11.1 Å². The maximum atomic E-state index is 12.5. The van der Waals surface area contributed by atoms with Gasteiger partial charge in [-0.2, -0.15) is 0 Å². The average molecular weight is 294 g/mol. The van der Waals surface area contributed by atoms with E-state index in [1.165, 1.54) is 0 Å². The van der Waals surface area contributed by atoms with Crippen molar-refractivity contribution >= 4 is 29.1 Å². The number of hydrogen-bond acceptors (Lipinski definition) is 3. The first kappa shape index (κ1) is 13.6. The van der Waals surface area contributed by atoms with E-state index >= 15 is 0 Å². The molecule has 2 aromatic rings. The Kier molecular flexibility index (Phi) is 3.03. The van der Waals surface area contributed by atoms with Gasteiger partial charge in [0, 0.05) is 11.1 Å². The Hall–Kier alpha value is -3.35. The summed E-state index contributed by atoms with van der Waals surface area (Å²) in [5.74, 6) is -0.221. The van der Waals surface area contributed by atoms with E-state index in [1.54, 1.807) is 24.3 Å². The summed E-state index contributed by atoms with van der Waals surface area (Å²) in [6.45, 7) is 0. The highest BCUT2D eigenvalue weighted by atomic mass is 16.1. The first-order chi connectivity index (χ1) is 10.5. The van der Waals surface area contributed by atoms with Crippen molar-refractivity contribution in [2.45, 2.75) is 0 Å². The summed E-state index contributed by atoms with van der Waals surface area (Å²) >= 11 is 0. The van der Waals surface area contributed by atoms with E-state index in [2.05, 4.69) is 9.98 Å². The Bertz CT molecular complexity index is 776. The van der Waals surface area contributed by atoms with Crippen molar-refractivity contribution in [2.24, 2.45) is 32.9 Å². The minimum atomic E-state index is -0.106. The molecule has 0 aromatic heterocycles. The number of nitrogens with zero attached hydrogens (tertiary/aromatic N) is 2. The van der Waals surface area contributed by atoms with Crippen LogP contribution < -0.4 is 22.9 Å². The lowest BCUT2D eigenvalue weighted by Gasteiger charge is -2.02. The molecule has 0 atom stereocenters. The number of guanidine groups is 2. The monoisotopic (exact) mass is 294 g/mol. The van der Waals surface area contributed by atoms with E-state index in [-0.39, 0.29) is 17.7 Å².